The number of benzene rings is 1. The van der Waals surface area contributed by atoms with Crippen molar-refractivity contribution < 1.29 is 8.42 Å². The Morgan fingerprint density at radius 1 is 1.29 bits per heavy atom. The van der Waals surface area contributed by atoms with Crippen molar-refractivity contribution in [2.45, 2.75) is 50.4 Å². The van der Waals surface area contributed by atoms with Crippen LogP contribution in [0.15, 0.2) is 30.9 Å². The number of rotatable bonds is 5. The molecule has 0 aliphatic heterocycles. The van der Waals surface area contributed by atoms with Gasteiger partial charge in [-0.25, -0.2) is 18.1 Å². The van der Waals surface area contributed by atoms with Gasteiger partial charge in [-0.2, -0.15) is 5.10 Å². The Morgan fingerprint density at radius 2 is 2.08 bits per heavy atom. The number of hydrogen-bond donors (Lipinski definition) is 1. The monoisotopic (exact) mass is 348 g/mol. The summed E-state index contributed by atoms with van der Waals surface area (Å²) in [5.74, 6) is 0. The minimum atomic E-state index is -3.00. The Kier molecular flexibility index (Phi) is 5.01. The van der Waals surface area contributed by atoms with Crippen molar-refractivity contribution in [1.82, 2.24) is 20.1 Å². The van der Waals surface area contributed by atoms with Crippen LogP contribution in [0.2, 0.25) is 0 Å². The lowest BCUT2D eigenvalue weighted by molar-refractivity contribution is 0.370. The first-order chi connectivity index (χ1) is 11.4. The molecule has 1 fully saturated rings. The van der Waals surface area contributed by atoms with E-state index in [1.165, 1.54) is 12.6 Å². The van der Waals surface area contributed by atoms with Crippen molar-refractivity contribution >= 4 is 9.84 Å². The molecule has 6 nitrogen and oxygen atoms in total. The van der Waals surface area contributed by atoms with Crippen LogP contribution in [0.5, 0.6) is 0 Å². The van der Waals surface area contributed by atoms with E-state index < -0.39 is 9.84 Å². The minimum absolute atomic E-state index is 0.0454. The van der Waals surface area contributed by atoms with Gasteiger partial charge >= 0.3 is 0 Å². The predicted octanol–water partition coefficient (Wildman–Crippen LogP) is 2.02. The van der Waals surface area contributed by atoms with Gasteiger partial charge in [-0.05, 0) is 37.0 Å². The zero-order valence-electron chi connectivity index (χ0n) is 14.1. The Bertz CT molecular complexity index is 787. The summed E-state index contributed by atoms with van der Waals surface area (Å²) >= 11 is 0. The first-order valence-corrected chi connectivity index (χ1v) is 10.3. The lowest BCUT2D eigenvalue weighted by Gasteiger charge is -2.31. The van der Waals surface area contributed by atoms with Gasteiger partial charge in [0.15, 0.2) is 9.84 Å². The molecule has 0 bridgehead atoms. The Balaban J connectivity index is 1.69. The third kappa shape index (κ3) is 3.84. The molecule has 1 saturated carbocycles. The lowest BCUT2D eigenvalue weighted by atomic mass is 9.94. The van der Waals surface area contributed by atoms with Crippen molar-refractivity contribution in [2.75, 3.05) is 6.26 Å². The maximum absolute atomic E-state index is 12.0. The molecule has 1 aromatic heterocycles. The Hall–Kier alpha value is -1.73. The highest BCUT2D eigenvalue weighted by Gasteiger charge is 2.32. The summed E-state index contributed by atoms with van der Waals surface area (Å²) in [5, 5.41) is 7.36. The highest BCUT2D eigenvalue weighted by molar-refractivity contribution is 7.91. The third-order valence-corrected chi connectivity index (χ3v) is 6.41. The number of nitrogens with zero attached hydrogens (tertiary/aromatic N) is 3. The largest absolute Gasteiger partial charge is 0.309 e. The molecule has 0 radical (unpaired) electrons. The minimum Gasteiger partial charge on any atom is -0.309 e. The van der Waals surface area contributed by atoms with Crippen molar-refractivity contribution in [3.63, 3.8) is 0 Å². The molecule has 0 saturated heterocycles. The van der Waals surface area contributed by atoms with Gasteiger partial charge in [-0.1, -0.05) is 25.0 Å². The van der Waals surface area contributed by atoms with Gasteiger partial charge in [0.25, 0.3) is 0 Å². The van der Waals surface area contributed by atoms with Crippen molar-refractivity contribution in [3.05, 3.63) is 42.0 Å². The fourth-order valence-corrected chi connectivity index (χ4v) is 4.93. The highest BCUT2D eigenvalue weighted by Crippen LogP contribution is 2.24. The van der Waals surface area contributed by atoms with Gasteiger partial charge in [-0.3, -0.25) is 0 Å². The van der Waals surface area contributed by atoms with Crippen LogP contribution >= 0.6 is 0 Å². The Morgan fingerprint density at radius 3 is 2.75 bits per heavy atom. The van der Waals surface area contributed by atoms with E-state index in [2.05, 4.69) is 27.5 Å². The lowest BCUT2D eigenvalue weighted by Crippen LogP contribution is -2.45. The summed E-state index contributed by atoms with van der Waals surface area (Å²) in [5.41, 5.74) is 3.26. The SMILES string of the molecule is Cc1cc(CN[C@@H]2CCCC[C@H]2S(C)(=O)=O)ccc1-n1cncn1. The molecule has 0 unspecified atom stereocenters. The van der Waals surface area contributed by atoms with Gasteiger partial charge in [-0.15, -0.1) is 0 Å². The summed E-state index contributed by atoms with van der Waals surface area (Å²) in [6, 6.07) is 6.23. The molecule has 1 aliphatic rings. The molecule has 1 N–H and O–H groups in total. The van der Waals surface area contributed by atoms with Crippen molar-refractivity contribution in [1.29, 1.82) is 0 Å². The molecule has 1 aliphatic carbocycles. The van der Waals surface area contributed by atoms with Crippen LogP contribution in [0.1, 0.15) is 36.8 Å². The molecular weight excluding hydrogens is 324 g/mol. The molecule has 7 heteroatoms. The number of hydrogen-bond acceptors (Lipinski definition) is 5. The predicted molar refractivity (Wildman–Crippen MR) is 93.8 cm³/mol. The topological polar surface area (TPSA) is 76.9 Å². The number of sulfone groups is 1. The molecule has 2 aromatic rings. The molecule has 1 aromatic carbocycles. The first kappa shape index (κ1) is 17.1. The van der Waals surface area contributed by atoms with Gasteiger partial charge in [0.05, 0.1) is 10.9 Å². The van der Waals surface area contributed by atoms with Crippen molar-refractivity contribution in [2.24, 2.45) is 0 Å². The fourth-order valence-electron chi connectivity index (χ4n) is 3.51. The smallest absolute Gasteiger partial charge is 0.151 e. The Labute approximate surface area is 143 Å². The summed E-state index contributed by atoms with van der Waals surface area (Å²) in [7, 11) is -3.00. The highest BCUT2D eigenvalue weighted by atomic mass is 32.2. The second-order valence-electron chi connectivity index (χ2n) is 6.60. The van der Waals surface area contributed by atoms with Crippen LogP contribution in [-0.2, 0) is 16.4 Å². The summed E-state index contributed by atoms with van der Waals surface area (Å²) in [6.07, 6.45) is 8.33. The van der Waals surface area contributed by atoms with E-state index in [4.69, 9.17) is 0 Å². The average Bonchev–Trinajstić information content (AvgIpc) is 3.06. The van der Waals surface area contributed by atoms with Crippen LogP contribution in [-0.4, -0.2) is 40.7 Å². The van der Waals surface area contributed by atoms with E-state index >= 15 is 0 Å². The number of aromatic nitrogens is 3. The van der Waals surface area contributed by atoms with Gasteiger partial charge in [0, 0.05) is 18.8 Å². The normalized spacial score (nSPS) is 21.8. The van der Waals surface area contributed by atoms with Crippen LogP contribution in [0.25, 0.3) is 5.69 Å². The molecule has 130 valence electrons. The third-order valence-electron chi connectivity index (χ3n) is 4.75. The average molecular weight is 348 g/mol. The molecule has 3 rings (SSSR count). The van der Waals surface area contributed by atoms with E-state index in [9.17, 15) is 8.42 Å². The molecule has 2 atom stereocenters. The second kappa shape index (κ2) is 7.03. The number of aryl methyl sites for hydroxylation is 1. The maximum Gasteiger partial charge on any atom is 0.151 e. The first-order valence-electron chi connectivity index (χ1n) is 8.32. The van der Waals surface area contributed by atoms with Gasteiger partial charge in [0.1, 0.15) is 12.7 Å². The standard InChI is InChI=1S/C17H24N4O2S/c1-13-9-14(7-8-16(13)21-12-18-11-20-21)10-19-15-5-3-4-6-17(15)24(2,22)23/h7-9,11-12,15,17,19H,3-6,10H2,1-2H3/t15-,17-/m1/s1. The van der Waals surface area contributed by atoms with Gasteiger partial charge in [0.2, 0.25) is 0 Å². The van der Waals surface area contributed by atoms with Gasteiger partial charge < -0.3 is 5.32 Å². The molecule has 24 heavy (non-hydrogen) atoms. The van der Waals surface area contributed by atoms with Crippen LogP contribution in [0.4, 0.5) is 0 Å². The van der Waals surface area contributed by atoms with E-state index in [1.54, 1.807) is 11.0 Å². The van der Waals surface area contributed by atoms with Crippen molar-refractivity contribution in [3.8, 4) is 5.69 Å². The zero-order chi connectivity index (χ0) is 17.2. The molecule has 0 spiro atoms. The second-order valence-corrected chi connectivity index (χ2v) is 8.87. The molecule has 1 heterocycles. The van der Waals surface area contributed by atoms with Crippen LogP contribution in [0.3, 0.4) is 0 Å². The quantitative estimate of drug-likeness (QED) is 0.894. The molecular formula is C17H24N4O2S. The summed E-state index contributed by atoms with van der Waals surface area (Å²) in [6.45, 7) is 2.72. The number of nitrogens with one attached hydrogen (secondary N) is 1. The van der Waals surface area contributed by atoms with E-state index in [1.807, 2.05) is 13.0 Å². The zero-order valence-corrected chi connectivity index (χ0v) is 15.0. The fraction of sp³-hybridized carbons (Fsp3) is 0.529. The van der Waals surface area contributed by atoms with E-state index in [-0.39, 0.29) is 11.3 Å². The van der Waals surface area contributed by atoms with Crippen LogP contribution < -0.4 is 5.32 Å². The van der Waals surface area contributed by atoms with E-state index in [0.717, 1.165) is 42.5 Å². The maximum atomic E-state index is 12.0. The van der Waals surface area contributed by atoms with Crippen LogP contribution in [0, 0.1) is 6.92 Å². The van der Waals surface area contributed by atoms with E-state index in [0.29, 0.717) is 6.54 Å². The molecule has 0 amide bonds. The summed E-state index contributed by atoms with van der Waals surface area (Å²) < 4.78 is 25.7. The summed E-state index contributed by atoms with van der Waals surface area (Å²) in [4.78, 5) is 3.97.